The number of nitrogens with zero attached hydrogens (tertiary/aromatic N) is 2. The zero-order valence-electron chi connectivity index (χ0n) is 18.9. The maximum Gasteiger partial charge on any atom is 0.412 e. The Kier molecular flexibility index (Phi) is 6.38. The first-order valence-electron chi connectivity index (χ1n) is 10.1. The van der Waals surface area contributed by atoms with Crippen LogP contribution >= 0.6 is 0 Å². The first-order valence-corrected chi connectivity index (χ1v) is 10.1. The van der Waals surface area contributed by atoms with Crippen molar-refractivity contribution in [1.29, 1.82) is 0 Å². The number of amides is 1. The number of hydrogen-bond acceptors (Lipinski definition) is 6. The second-order valence-electron chi connectivity index (χ2n) is 8.16. The van der Waals surface area contributed by atoms with E-state index in [9.17, 15) is 9.59 Å². The van der Waals surface area contributed by atoms with E-state index in [1.165, 1.54) is 29.8 Å². The van der Waals surface area contributed by atoms with Crippen molar-refractivity contribution in [2.45, 2.75) is 47.1 Å². The van der Waals surface area contributed by atoms with Gasteiger partial charge in [0.2, 0.25) is 0 Å². The number of carbonyl (C=O) groups excluding carboxylic acids is 2. The van der Waals surface area contributed by atoms with Gasteiger partial charge in [0.05, 0.1) is 24.1 Å². The van der Waals surface area contributed by atoms with Gasteiger partial charge >= 0.3 is 12.1 Å². The quantitative estimate of drug-likeness (QED) is 0.531. The van der Waals surface area contributed by atoms with Gasteiger partial charge in [-0.2, -0.15) is 5.10 Å². The molecule has 0 spiro atoms. The average molecular weight is 443 g/mol. The predicted molar refractivity (Wildman–Crippen MR) is 117 cm³/mol. The highest BCUT2D eigenvalue weighted by Gasteiger charge is 2.21. The zero-order valence-corrected chi connectivity index (χ0v) is 18.9. The summed E-state index contributed by atoms with van der Waals surface area (Å²) in [6.07, 6.45) is 2.35. The maximum atomic E-state index is 15.1. The van der Waals surface area contributed by atoms with Crippen LogP contribution in [0.1, 0.15) is 49.2 Å². The van der Waals surface area contributed by atoms with Crippen molar-refractivity contribution >= 4 is 23.3 Å². The van der Waals surface area contributed by atoms with Crippen molar-refractivity contribution in [3.05, 3.63) is 53.1 Å². The number of halogens is 1. The first-order chi connectivity index (χ1) is 15.0. The van der Waals surface area contributed by atoms with Crippen LogP contribution in [0.5, 0.6) is 11.5 Å². The summed E-state index contributed by atoms with van der Waals surface area (Å²) in [5.74, 6) is -0.827. The van der Waals surface area contributed by atoms with Crippen molar-refractivity contribution in [2.75, 3.05) is 11.9 Å². The third kappa shape index (κ3) is 4.82. The molecule has 1 aromatic carbocycles. The maximum absolute atomic E-state index is 15.1. The molecular weight excluding hydrogens is 417 g/mol. The van der Waals surface area contributed by atoms with Crippen LogP contribution < -0.4 is 10.1 Å². The molecule has 0 atom stereocenters. The summed E-state index contributed by atoms with van der Waals surface area (Å²) in [6.45, 7) is 10.5. The molecule has 2 heterocycles. The standard InChI is InChI=1S/C23H26FN3O5/c1-7-30-21(28)15-12-27-20(13(15)2)18(10-11-25-27)31-17-9-8-16(14(3)19(17)24)26-22(29)32-23(4,5)6/h8-12H,7H2,1-6H3,(H,26,29). The Morgan fingerprint density at radius 3 is 2.50 bits per heavy atom. The number of aromatic nitrogens is 2. The van der Waals surface area contributed by atoms with Crippen LogP contribution in [0, 0.1) is 19.7 Å². The summed E-state index contributed by atoms with van der Waals surface area (Å²) < 4.78 is 32.7. The highest BCUT2D eigenvalue weighted by molar-refractivity contribution is 5.94. The smallest absolute Gasteiger partial charge is 0.412 e. The Labute approximate surface area is 185 Å². The molecule has 1 amide bonds. The summed E-state index contributed by atoms with van der Waals surface area (Å²) in [6, 6.07) is 4.53. The number of benzene rings is 1. The normalized spacial score (nSPS) is 11.3. The number of nitrogens with one attached hydrogen (secondary N) is 1. The SMILES string of the molecule is CCOC(=O)c1cn2nccc(Oc3ccc(NC(=O)OC(C)(C)C)c(C)c3F)c2c1C. The molecule has 0 fully saturated rings. The summed E-state index contributed by atoms with van der Waals surface area (Å²) >= 11 is 0. The zero-order chi connectivity index (χ0) is 23.6. The number of aryl methyl sites for hydroxylation is 1. The molecule has 170 valence electrons. The molecule has 32 heavy (non-hydrogen) atoms. The van der Waals surface area contributed by atoms with Crippen molar-refractivity contribution in [3.8, 4) is 11.5 Å². The highest BCUT2D eigenvalue weighted by Crippen LogP contribution is 2.34. The minimum Gasteiger partial charge on any atom is -0.462 e. The number of fused-ring (bicyclic) bond motifs is 1. The van der Waals surface area contributed by atoms with Crippen LogP contribution in [-0.2, 0) is 9.47 Å². The van der Waals surface area contributed by atoms with Gasteiger partial charge in [0.1, 0.15) is 11.1 Å². The van der Waals surface area contributed by atoms with Gasteiger partial charge < -0.3 is 14.2 Å². The largest absolute Gasteiger partial charge is 0.462 e. The predicted octanol–water partition coefficient (Wildman–Crippen LogP) is 5.41. The second-order valence-corrected chi connectivity index (χ2v) is 8.16. The number of rotatable bonds is 5. The van der Waals surface area contributed by atoms with Crippen LogP contribution in [-0.4, -0.2) is 33.9 Å². The molecule has 2 aromatic heterocycles. The molecule has 0 aliphatic rings. The molecule has 0 unspecified atom stereocenters. The minimum absolute atomic E-state index is 0.0383. The molecule has 0 saturated heterocycles. The van der Waals surface area contributed by atoms with E-state index in [2.05, 4.69) is 10.4 Å². The van der Waals surface area contributed by atoms with E-state index in [1.54, 1.807) is 46.9 Å². The van der Waals surface area contributed by atoms with Crippen LogP contribution in [0.3, 0.4) is 0 Å². The van der Waals surface area contributed by atoms with Crippen molar-refractivity contribution in [2.24, 2.45) is 0 Å². The molecule has 1 N–H and O–H groups in total. The Balaban J connectivity index is 1.91. The van der Waals surface area contributed by atoms with Gasteiger partial charge in [-0.15, -0.1) is 0 Å². The van der Waals surface area contributed by atoms with Gasteiger partial charge in [0, 0.05) is 17.8 Å². The molecule has 8 nitrogen and oxygen atoms in total. The average Bonchev–Trinajstić information content (AvgIpc) is 3.04. The van der Waals surface area contributed by atoms with Gasteiger partial charge in [-0.3, -0.25) is 5.32 Å². The van der Waals surface area contributed by atoms with Crippen LogP contribution in [0.25, 0.3) is 5.52 Å². The fourth-order valence-corrected chi connectivity index (χ4v) is 3.13. The van der Waals surface area contributed by atoms with Gasteiger partial charge in [-0.1, -0.05) is 0 Å². The molecular formula is C23H26FN3O5. The lowest BCUT2D eigenvalue weighted by molar-refractivity contribution is 0.0524. The molecule has 0 radical (unpaired) electrons. The van der Waals surface area contributed by atoms with Crippen LogP contribution in [0.15, 0.2) is 30.6 Å². The number of carbonyl (C=O) groups is 2. The number of esters is 1. The highest BCUT2D eigenvalue weighted by atomic mass is 19.1. The Bertz CT molecular complexity index is 1180. The van der Waals surface area contributed by atoms with Gasteiger partial charge in [0.25, 0.3) is 0 Å². The summed E-state index contributed by atoms with van der Waals surface area (Å²) in [5.41, 5.74) is 1.26. The van der Waals surface area contributed by atoms with E-state index in [-0.39, 0.29) is 23.6 Å². The number of ether oxygens (including phenoxy) is 3. The minimum atomic E-state index is -0.681. The lowest BCUT2D eigenvalue weighted by Gasteiger charge is -2.20. The Morgan fingerprint density at radius 1 is 1.12 bits per heavy atom. The van der Waals surface area contributed by atoms with E-state index in [0.29, 0.717) is 22.4 Å². The monoisotopic (exact) mass is 443 g/mol. The third-order valence-corrected chi connectivity index (χ3v) is 4.59. The molecule has 9 heteroatoms. The summed E-state index contributed by atoms with van der Waals surface area (Å²) in [5, 5.41) is 6.74. The van der Waals surface area contributed by atoms with E-state index in [1.807, 2.05) is 0 Å². The van der Waals surface area contributed by atoms with Crippen molar-refractivity contribution < 1.29 is 28.2 Å². The second kappa shape index (κ2) is 8.86. The molecule has 0 bridgehead atoms. The van der Waals surface area contributed by atoms with E-state index < -0.39 is 23.5 Å². The fraction of sp³-hybridized carbons (Fsp3) is 0.348. The van der Waals surface area contributed by atoms with E-state index in [4.69, 9.17) is 14.2 Å². The fourth-order valence-electron chi connectivity index (χ4n) is 3.13. The Hall–Kier alpha value is -3.62. The molecule has 3 rings (SSSR count). The number of anilines is 1. The number of hydrogen-bond donors (Lipinski definition) is 1. The van der Waals surface area contributed by atoms with Crippen LogP contribution in [0.2, 0.25) is 0 Å². The Morgan fingerprint density at radius 2 is 1.84 bits per heavy atom. The van der Waals surface area contributed by atoms with Crippen molar-refractivity contribution in [1.82, 2.24) is 9.61 Å². The van der Waals surface area contributed by atoms with E-state index in [0.717, 1.165) is 0 Å². The first kappa shape index (κ1) is 23.1. The van der Waals surface area contributed by atoms with Crippen LogP contribution in [0.4, 0.5) is 14.9 Å². The van der Waals surface area contributed by atoms with E-state index >= 15 is 4.39 Å². The lowest BCUT2D eigenvalue weighted by atomic mass is 10.1. The topological polar surface area (TPSA) is 91.2 Å². The lowest BCUT2D eigenvalue weighted by Crippen LogP contribution is -2.27. The third-order valence-electron chi connectivity index (χ3n) is 4.59. The van der Waals surface area contributed by atoms with Crippen molar-refractivity contribution in [3.63, 3.8) is 0 Å². The molecule has 3 aromatic rings. The summed E-state index contributed by atoms with van der Waals surface area (Å²) in [4.78, 5) is 24.2. The molecule has 0 aliphatic carbocycles. The summed E-state index contributed by atoms with van der Waals surface area (Å²) in [7, 11) is 0. The van der Waals surface area contributed by atoms with Gasteiger partial charge in [-0.25, -0.2) is 18.5 Å². The van der Waals surface area contributed by atoms with Gasteiger partial charge in [-0.05, 0) is 59.2 Å². The molecule has 0 saturated carbocycles. The van der Waals surface area contributed by atoms with Gasteiger partial charge in [0.15, 0.2) is 17.3 Å². The molecule has 0 aliphatic heterocycles.